The van der Waals surface area contributed by atoms with E-state index in [0.29, 0.717) is 23.3 Å². The molecule has 0 fully saturated rings. The van der Waals surface area contributed by atoms with Gasteiger partial charge in [0, 0.05) is 99.7 Å². The van der Waals surface area contributed by atoms with Gasteiger partial charge in [0.25, 0.3) is 5.89 Å². The minimum absolute atomic E-state index is 0.296. The number of anilines is 4. The summed E-state index contributed by atoms with van der Waals surface area (Å²) in [6.07, 6.45) is 19.5. The second kappa shape index (κ2) is 9.56. The van der Waals surface area contributed by atoms with Crippen LogP contribution in [0.1, 0.15) is 0 Å². The van der Waals surface area contributed by atoms with Crippen LogP contribution in [-0.2, 0) is 28.2 Å². The first-order valence-corrected chi connectivity index (χ1v) is 14.7. The molecule has 0 aliphatic carbocycles. The zero-order chi connectivity index (χ0) is 31.1. The molecule has 0 saturated carbocycles. The first kappa shape index (κ1) is 26.1. The summed E-state index contributed by atoms with van der Waals surface area (Å²) in [7, 11) is 8.02. The smallest absolute Gasteiger partial charge is 0.265 e. The van der Waals surface area contributed by atoms with Gasteiger partial charge in [0.2, 0.25) is 17.4 Å². The van der Waals surface area contributed by atoms with Gasteiger partial charge in [0.05, 0.1) is 45.9 Å². The Hall–Kier alpha value is -6.37. The van der Waals surface area contributed by atoms with E-state index in [9.17, 15) is 0 Å². The van der Waals surface area contributed by atoms with Crippen molar-refractivity contribution in [3.63, 3.8) is 0 Å². The van der Waals surface area contributed by atoms with Crippen LogP contribution in [-0.4, -0.2) is 47.6 Å². The van der Waals surface area contributed by atoms with E-state index in [1.165, 1.54) is 6.26 Å². The molecule has 8 aromatic heterocycles. The van der Waals surface area contributed by atoms with Crippen molar-refractivity contribution in [3.8, 4) is 34.2 Å². The minimum atomic E-state index is 0.296. The lowest BCUT2D eigenvalue weighted by atomic mass is 10.1. The summed E-state index contributed by atoms with van der Waals surface area (Å²) in [6.45, 7) is 0. The molecule has 8 heterocycles. The van der Waals surface area contributed by atoms with Crippen molar-refractivity contribution >= 4 is 50.6 Å². The minimum Gasteiger partial charge on any atom is -0.442 e. The number of aromatic nitrogens is 10. The number of rotatable bonds is 7. The first-order valence-electron chi connectivity index (χ1n) is 14.7. The summed E-state index contributed by atoms with van der Waals surface area (Å²) >= 11 is 0. The third kappa shape index (κ3) is 4.05. The van der Waals surface area contributed by atoms with Crippen LogP contribution < -0.4 is 10.6 Å². The molecule has 13 nitrogen and oxygen atoms in total. The molecule has 0 bridgehead atoms. The molecule has 0 saturated heterocycles. The maximum atomic E-state index is 5.61. The predicted molar refractivity (Wildman–Crippen MR) is 176 cm³/mol. The standard InChI is InChI=1S/C33H28N12O/c1-41-10-7-19(13-41)35-25-17-43(3)15-23(25)27-21-5-6-22-28(24-16-44(4)18-26(24)36-20-8-11-42(2)14-20)38-33-40-30(31-34-9-12-46-31)39-32(37-27)45(33)29(21)22/h5-18,35-36H,1-4H3. The van der Waals surface area contributed by atoms with E-state index in [4.69, 9.17) is 24.4 Å². The van der Waals surface area contributed by atoms with Crippen molar-refractivity contribution in [2.45, 2.75) is 0 Å². The summed E-state index contributed by atoms with van der Waals surface area (Å²) in [5.74, 6) is 1.49. The van der Waals surface area contributed by atoms with E-state index in [2.05, 4.69) is 52.5 Å². The third-order valence-corrected chi connectivity index (χ3v) is 8.16. The van der Waals surface area contributed by atoms with Crippen LogP contribution in [0, 0.1) is 0 Å². The van der Waals surface area contributed by atoms with Gasteiger partial charge in [-0.15, -0.1) is 0 Å². The summed E-state index contributed by atoms with van der Waals surface area (Å²) in [4.78, 5) is 24.3. The molecule has 46 heavy (non-hydrogen) atoms. The van der Waals surface area contributed by atoms with Gasteiger partial charge in [0.1, 0.15) is 6.26 Å². The SMILES string of the molecule is Cn1ccc(Nc2cn(C)cc2-c2nc3nc(-c4ncco4)nc4nc(-c5cn(C)cc5Nc5ccn(C)c5)c5ccc2c5n34)c1. The Morgan fingerprint density at radius 1 is 0.609 bits per heavy atom. The molecule has 13 heteroatoms. The molecule has 0 aliphatic rings. The maximum absolute atomic E-state index is 5.61. The third-order valence-electron chi connectivity index (χ3n) is 8.16. The molecule has 9 aromatic rings. The molecular weight excluding hydrogens is 580 g/mol. The summed E-state index contributed by atoms with van der Waals surface area (Å²) in [6, 6.07) is 8.30. The Bertz CT molecular complexity index is 2380. The number of nitrogens with zero attached hydrogens (tertiary/aromatic N) is 10. The molecule has 9 rings (SSSR count). The van der Waals surface area contributed by atoms with E-state index in [0.717, 1.165) is 61.6 Å². The highest BCUT2D eigenvalue weighted by Crippen LogP contribution is 2.42. The molecule has 0 spiro atoms. The van der Waals surface area contributed by atoms with Gasteiger partial charge in [0.15, 0.2) is 0 Å². The molecule has 0 amide bonds. The average molecular weight is 609 g/mol. The van der Waals surface area contributed by atoms with E-state index in [-0.39, 0.29) is 0 Å². The molecular formula is C33H28N12O. The number of nitrogens with one attached hydrogen (secondary N) is 2. The number of hydrogen-bond acceptors (Lipinski definition) is 8. The van der Waals surface area contributed by atoms with Crippen molar-refractivity contribution in [2.24, 2.45) is 28.2 Å². The quantitative estimate of drug-likeness (QED) is 0.223. The van der Waals surface area contributed by atoms with Crippen LogP contribution in [0.5, 0.6) is 0 Å². The van der Waals surface area contributed by atoms with Gasteiger partial charge >= 0.3 is 0 Å². The lowest BCUT2D eigenvalue weighted by molar-refractivity contribution is 0.569. The Kier molecular flexibility index (Phi) is 5.42. The van der Waals surface area contributed by atoms with E-state index in [1.807, 2.05) is 87.8 Å². The summed E-state index contributed by atoms with van der Waals surface area (Å²) in [5.41, 5.74) is 8.23. The fourth-order valence-corrected chi connectivity index (χ4v) is 6.22. The van der Waals surface area contributed by atoms with Crippen molar-refractivity contribution < 1.29 is 4.42 Å². The number of aryl methyl sites for hydroxylation is 4. The first-order chi connectivity index (χ1) is 22.4. The molecule has 0 aliphatic heterocycles. The monoisotopic (exact) mass is 608 g/mol. The molecule has 2 N–H and O–H groups in total. The van der Waals surface area contributed by atoms with Gasteiger partial charge < -0.3 is 33.3 Å². The van der Waals surface area contributed by atoms with Crippen molar-refractivity contribution in [3.05, 3.63) is 86.3 Å². The zero-order valence-electron chi connectivity index (χ0n) is 25.5. The lowest BCUT2D eigenvalue weighted by Gasteiger charge is -2.14. The van der Waals surface area contributed by atoms with Gasteiger partial charge in [-0.05, 0) is 24.3 Å². The second-order valence-corrected chi connectivity index (χ2v) is 11.6. The van der Waals surface area contributed by atoms with Crippen LogP contribution in [0.15, 0.2) is 90.7 Å². The zero-order valence-corrected chi connectivity index (χ0v) is 25.5. The fourth-order valence-electron chi connectivity index (χ4n) is 6.22. The predicted octanol–water partition coefficient (Wildman–Crippen LogP) is 6.09. The second-order valence-electron chi connectivity index (χ2n) is 11.6. The largest absolute Gasteiger partial charge is 0.442 e. The number of hydrogen-bond donors (Lipinski definition) is 2. The molecule has 1 aromatic carbocycles. The maximum Gasteiger partial charge on any atom is 0.265 e. The normalized spacial score (nSPS) is 11.9. The lowest BCUT2D eigenvalue weighted by Crippen LogP contribution is -2.08. The van der Waals surface area contributed by atoms with Crippen LogP contribution in [0.4, 0.5) is 22.7 Å². The Morgan fingerprint density at radius 2 is 1.15 bits per heavy atom. The van der Waals surface area contributed by atoms with E-state index >= 15 is 0 Å². The fraction of sp³-hybridized carbons (Fsp3) is 0.121. The van der Waals surface area contributed by atoms with Crippen molar-refractivity contribution in [2.75, 3.05) is 10.6 Å². The van der Waals surface area contributed by atoms with E-state index < -0.39 is 0 Å². The van der Waals surface area contributed by atoms with Crippen LogP contribution in [0.3, 0.4) is 0 Å². The van der Waals surface area contributed by atoms with Crippen LogP contribution >= 0.6 is 0 Å². The van der Waals surface area contributed by atoms with Crippen molar-refractivity contribution in [1.82, 2.24) is 47.6 Å². The molecule has 0 radical (unpaired) electrons. The Morgan fingerprint density at radius 3 is 1.61 bits per heavy atom. The Labute approximate surface area is 261 Å². The Balaban J connectivity index is 1.31. The molecule has 0 atom stereocenters. The highest BCUT2D eigenvalue weighted by molar-refractivity contribution is 6.12. The summed E-state index contributed by atoms with van der Waals surface area (Å²) < 4.78 is 15.6. The van der Waals surface area contributed by atoms with Crippen LogP contribution in [0.25, 0.3) is 62.1 Å². The number of oxazole rings is 1. The van der Waals surface area contributed by atoms with Gasteiger partial charge in [-0.3, -0.25) is 0 Å². The van der Waals surface area contributed by atoms with E-state index in [1.54, 1.807) is 6.20 Å². The topological polar surface area (TPSA) is 126 Å². The molecule has 0 unspecified atom stereocenters. The summed E-state index contributed by atoms with van der Waals surface area (Å²) in [5, 5.41) is 9.08. The highest BCUT2D eigenvalue weighted by Gasteiger charge is 2.25. The molecule has 226 valence electrons. The average Bonchev–Trinajstić information content (AvgIpc) is 3.87. The highest BCUT2D eigenvalue weighted by atomic mass is 16.3. The van der Waals surface area contributed by atoms with Gasteiger partial charge in [-0.25, -0.2) is 19.4 Å². The van der Waals surface area contributed by atoms with Gasteiger partial charge in [-0.2, -0.15) is 9.97 Å². The van der Waals surface area contributed by atoms with Crippen molar-refractivity contribution in [1.29, 1.82) is 0 Å². The van der Waals surface area contributed by atoms with Crippen LogP contribution in [0.2, 0.25) is 0 Å². The van der Waals surface area contributed by atoms with Gasteiger partial charge in [-0.1, -0.05) is 0 Å².